The van der Waals surface area contributed by atoms with Crippen molar-refractivity contribution in [3.8, 4) is 5.75 Å². The van der Waals surface area contributed by atoms with E-state index in [0.717, 1.165) is 29.9 Å². The summed E-state index contributed by atoms with van der Waals surface area (Å²) in [5, 5.41) is 9.11. The van der Waals surface area contributed by atoms with E-state index in [-0.39, 0.29) is 47.5 Å². The molecule has 2 amide bonds. The van der Waals surface area contributed by atoms with E-state index >= 15 is 0 Å². The van der Waals surface area contributed by atoms with Crippen molar-refractivity contribution >= 4 is 50.7 Å². The Morgan fingerprint density at radius 3 is 2.32 bits per heavy atom. The Kier molecular flexibility index (Phi) is 7.60. The second kappa shape index (κ2) is 11.6. The summed E-state index contributed by atoms with van der Waals surface area (Å²) in [5.41, 5.74) is 4.06. The van der Waals surface area contributed by atoms with Crippen molar-refractivity contribution in [2.45, 2.75) is 18.8 Å². The third-order valence-electron chi connectivity index (χ3n) is 9.39. The van der Waals surface area contributed by atoms with Crippen LogP contribution in [0.15, 0.2) is 81.9 Å². The molecule has 1 N–H and O–H groups in total. The van der Waals surface area contributed by atoms with Crippen LogP contribution in [-0.4, -0.2) is 68.0 Å². The number of amides is 2. The molecule has 0 saturated carbocycles. The number of carbonyl (C=O) groups excluding carboxylic acids is 4. The molecule has 4 unspecified atom stereocenters. The third-order valence-corrected chi connectivity index (χ3v) is 9.98. The summed E-state index contributed by atoms with van der Waals surface area (Å²) in [6, 6.07) is 14.8. The largest absolute Gasteiger partial charge is 0.491 e. The van der Waals surface area contributed by atoms with Crippen LogP contribution in [-0.2, 0) is 23.9 Å². The van der Waals surface area contributed by atoms with Gasteiger partial charge in [0, 0.05) is 41.9 Å². The Morgan fingerprint density at radius 2 is 1.61 bits per heavy atom. The molecule has 7 rings (SSSR count). The number of allylic oxidation sites excluding steroid dienone is 6. The standard InChI is InChI=1S/C34H31BrN2O7/c35-27-18-28(39)31-26(32(27)40)17-25-23(29(31)19-1-7-22(8-2-19)44-16-13-38)9-10-24-30(25)34(42)37(33(24)41)21-5-3-20(4-6-21)36-11-14-43-15-12-36/h1-9,18,24-25,29-30,38H,10-17H2. The van der Waals surface area contributed by atoms with E-state index in [1.165, 1.54) is 11.0 Å². The zero-order chi connectivity index (χ0) is 30.5. The number of halogens is 1. The number of hydrogen-bond donors (Lipinski definition) is 1. The number of ketones is 2. The van der Waals surface area contributed by atoms with Crippen LogP contribution in [0, 0.1) is 17.8 Å². The van der Waals surface area contributed by atoms with E-state index in [2.05, 4.69) is 20.8 Å². The Balaban J connectivity index is 1.24. The van der Waals surface area contributed by atoms with Crippen LogP contribution >= 0.6 is 15.9 Å². The summed E-state index contributed by atoms with van der Waals surface area (Å²) in [6.45, 7) is 2.93. The molecule has 0 radical (unpaired) electrons. The average molecular weight is 660 g/mol. The number of Topliss-reactive ketones (excluding diaryl/α,β-unsaturated/α-hetero) is 1. The molecule has 2 fully saturated rings. The molecule has 4 atom stereocenters. The number of aliphatic hydroxyl groups excluding tert-OH is 1. The SMILES string of the molecule is O=C1C=C(Br)C(=O)C2=C1C(c1ccc(OCCO)cc1)C1=CCC3C(=O)N(c4ccc(N5CCOCC5)cc4)C(=O)C3C1C2. The zero-order valence-electron chi connectivity index (χ0n) is 23.9. The first kappa shape index (κ1) is 28.9. The number of aliphatic hydroxyl groups is 1. The van der Waals surface area contributed by atoms with Gasteiger partial charge >= 0.3 is 0 Å². The summed E-state index contributed by atoms with van der Waals surface area (Å²) < 4.78 is 11.2. The minimum absolute atomic E-state index is 0.114. The fraction of sp³-hybridized carbons (Fsp3) is 0.353. The maximum Gasteiger partial charge on any atom is 0.238 e. The predicted octanol–water partition coefficient (Wildman–Crippen LogP) is 3.86. The maximum atomic E-state index is 14.2. The molecule has 3 aliphatic carbocycles. The van der Waals surface area contributed by atoms with Gasteiger partial charge in [-0.2, -0.15) is 0 Å². The van der Waals surface area contributed by atoms with E-state index < -0.39 is 23.7 Å². The third kappa shape index (κ3) is 4.76. The van der Waals surface area contributed by atoms with Gasteiger partial charge in [0.05, 0.1) is 41.8 Å². The van der Waals surface area contributed by atoms with Gasteiger partial charge in [-0.3, -0.25) is 24.1 Å². The van der Waals surface area contributed by atoms with Crippen molar-refractivity contribution < 1.29 is 33.8 Å². The summed E-state index contributed by atoms with van der Waals surface area (Å²) in [6.07, 6.45) is 3.93. The summed E-state index contributed by atoms with van der Waals surface area (Å²) in [7, 11) is 0. The lowest BCUT2D eigenvalue weighted by Gasteiger charge is -2.42. The number of ether oxygens (including phenoxy) is 2. The highest BCUT2D eigenvalue weighted by Gasteiger charge is 2.56. The molecule has 10 heteroatoms. The van der Waals surface area contributed by atoms with E-state index in [0.29, 0.717) is 42.2 Å². The first-order chi connectivity index (χ1) is 21.4. The number of nitrogens with zero attached hydrogens (tertiary/aromatic N) is 2. The quantitative estimate of drug-likeness (QED) is 0.283. The van der Waals surface area contributed by atoms with Crippen LogP contribution in [0.3, 0.4) is 0 Å². The van der Waals surface area contributed by atoms with E-state index in [1.807, 2.05) is 42.5 Å². The van der Waals surface area contributed by atoms with Crippen LogP contribution in [0.5, 0.6) is 5.75 Å². The topological polar surface area (TPSA) is 113 Å². The molecular weight excluding hydrogens is 628 g/mol. The van der Waals surface area contributed by atoms with Gasteiger partial charge in [-0.1, -0.05) is 23.8 Å². The number of rotatable bonds is 6. The number of morpholine rings is 1. The van der Waals surface area contributed by atoms with Crippen molar-refractivity contribution in [1.82, 2.24) is 0 Å². The number of anilines is 2. The molecular formula is C34H31BrN2O7. The van der Waals surface area contributed by atoms with Gasteiger partial charge in [0.1, 0.15) is 12.4 Å². The summed E-state index contributed by atoms with van der Waals surface area (Å²) in [5.74, 6) is -2.56. The highest BCUT2D eigenvalue weighted by Crippen LogP contribution is 2.55. The minimum Gasteiger partial charge on any atom is -0.491 e. The van der Waals surface area contributed by atoms with Crippen LogP contribution in [0.4, 0.5) is 11.4 Å². The predicted molar refractivity (Wildman–Crippen MR) is 166 cm³/mol. The molecule has 0 spiro atoms. The van der Waals surface area contributed by atoms with Crippen LogP contribution < -0.4 is 14.5 Å². The van der Waals surface area contributed by atoms with Gasteiger partial charge < -0.3 is 19.5 Å². The number of imide groups is 1. The fourth-order valence-electron chi connectivity index (χ4n) is 7.39. The molecule has 44 heavy (non-hydrogen) atoms. The van der Waals surface area contributed by atoms with E-state index in [4.69, 9.17) is 14.6 Å². The first-order valence-corrected chi connectivity index (χ1v) is 15.7. The number of carbonyl (C=O) groups is 4. The second-order valence-electron chi connectivity index (χ2n) is 11.7. The highest BCUT2D eigenvalue weighted by atomic mass is 79.9. The average Bonchev–Trinajstić information content (AvgIpc) is 3.31. The molecule has 2 aromatic rings. The van der Waals surface area contributed by atoms with E-state index in [1.54, 1.807) is 12.1 Å². The van der Waals surface area contributed by atoms with Crippen molar-refractivity contribution in [2.24, 2.45) is 17.8 Å². The molecule has 0 bridgehead atoms. The highest BCUT2D eigenvalue weighted by molar-refractivity contribution is 9.12. The van der Waals surface area contributed by atoms with Crippen molar-refractivity contribution in [3.63, 3.8) is 0 Å². The normalized spacial score (nSPS) is 26.7. The monoisotopic (exact) mass is 658 g/mol. The second-order valence-corrected chi connectivity index (χ2v) is 12.5. The Hall–Kier alpha value is -3.86. The molecule has 2 heterocycles. The molecule has 2 saturated heterocycles. The Bertz CT molecular complexity index is 1640. The lowest BCUT2D eigenvalue weighted by molar-refractivity contribution is -0.123. The van der Waals surface area contributed by atoms with Crippen molar-refractivity contribution in [1.29, 1.82) is 0 Å². The molecule has 5 aliphatic rings. The van der Waals surface area contributed by atoms with Crippen molar-refractivity contribution in [2.75, 3.05) is 49.3 Å². The van der Waals surface area contributed by atoms with Crippen LogP contribution in [0.2, 0.25) is 0 Å². The van der Waals surface area contributed by atoms with Crippen LogP contribution in [0.1, 0.15) is 24.3 Å². The lowest BCUT2D eigenvalue weighted by atomic mass is 9.59. The summed E-state index contributed by atoms with van der Waals surface area (Å²) in [4.78, 5) is 58.4. The van der Waals surface area contributed by atoms with Gasteiger partial charge in [-0.25, -0.2) is 0 Å². The summed E-state index contributed by atoms with van der Waals surface area (Å²) >= 11 is 3.27. The zero-order valence-corrected chi connectivity index (χ0v) is 25.5. The van der Waals surface area contributed by atoms with Gasteiger partial charge in [0.2, 0.25) is 11.8 Å². The molecule has 226 valence electrons. The van der Waals surface area contributed by atoms with Gasteiger partial charge in [0.15, 0.2) is 11.6 Å². The Morgan fingerprint density at radius 1 is 0.909 bits per heavy atom. The Labute approximate surface area is 262 Å². The maximum absolute atomic E-state index is 14.2. The number of benzene rings is 2. The number of fused-ring (bicyclic) bond motifs is 3. The smallest absolute Gasteiger partial charge is 0.238 e. The van der Waals surface area contributed by atoms with Crippen molar-refractivity contribution in [3.05, 3.63) is 87.4 Å². The lowest BCUT2D eigenvalue weighted by Crippen LogP contribution is -2.39. The van der Waals surface area contributed by atoms with Gasteiger partial charge in [-0.15, -0.1) is 0 Å². The van der Waals surface area contributed by atoms with Gasteiger partial charge in [0.25, 0.3) is 0 Å². The molecule has 2 aromatic carbocycles. The first-order valence-electron chi connectivity index (χ1n) is 14.9. The molecule has 0 aromatic heterocycles. The minimum atomic E-state index is -0.641. The van der Waals surface area contributed by atoms with Crippen LogP contribution in [0.25, 0.3) is 0 Å². The van der Waals surface area contributed by atoms with E-state index in [9.17, 15) is 19.2 Å². The number of hydrogen-bond acceptors (Lipinski definition) is 8. The molecule has 9 nitrogen and oxygen atoms in total. The molecule has 2 aliphatic heterocycles. The van der Waals surface area contributed by atoms with Gasteiger partial charge in [-0.05, 0) is 76.7 Å². The fourth-order valence-corrected chi connectivity index (χ4v) is 7.84.